The Balaban J connectivity index is 1.59. The summed E-state index contributed by atoms with van der Waals surface area (Å²) in [4.78, 5) is 4.98. The van der Waals surface area contributed by atoms with E-state index < -0.39 is 0 Å². The van der Waals surface area contributed by atoms with Crippen LogP contribution in [-0.2, 0) is 4.74 Å². The van der Waals surface area contributed by atoms with Crippen molar-refractivity contribution in [1.82, 2.24) is 4.90 Å². The smallest absolute Gasteiger partial charge is 0.0622 e. The molecule has 0 radical (unpaired) electrons. The quantitative estimate of drug-likeness (QED) is 0.797. The third-order valence-corrected chi connectivity index (χ3v) is 3.97. The average molecular weight is 247 g/mol. The lowest BCUT2D eigenvalue weighted by Crippen LogP contribution is -2.50. The fourth-order valence-corrected chi connectivity index (χ4v) is 2.88. The van der Waals surface area contributed by atoms with E-state index in [0.29, 0.717) is 6.04 Å². The topological polar surface area (TPSA) is 41.7 Å². The second-order valence-electron chi connectivity index (χ2n) is 5.14. The Morgan fingerprint density at radius 3 is 2.67 bits per heavy atom. The van der Waals surface area contributed by atoms with E-state index in [2.05, 4.69) is 21.9 Å². The van der Waals surface area contributed by atoms with Gasteiger partial charge in [0.05, 0.1) is 6.61 Å². The number of benzene rings is 1. The Morgan fingerprint density at radius 1 is 1.17 bits per heavy atom. The molecule has 0 spiro atoms. The molecule has 0 aromatic heterocycles. The van der Waals surface area contributed by atoms with Gasteiger partial charge in [-0.15, -0.1) is 0 Å². The van der Waals surface area contributed by atoms with Crippen molar-refractivity contribution < 1.29 is 4.74 Å². The van der Waals surface area contributed by atoms with E-state index in [9.17, 15) is 0 Å². The second kappa shape index (κ2) is 5.16. The van der Waals surface area contributed by atoms with Gasteiger partial charge in [-0.2, -0.15) is 0 Å². The fourth-order valence-electron chi connectivity index (χ4n) is 2.88. The Kier molecular flexibility index (Phi) is 3.39. The Hall–Kier alpha value is -1.26. The molecule has 2 fully saturated rings. The minimum Gasteiger partial charge on any atom is -0.399 e. The predicted molar refractivity (Wildman–Crippen MR) is 73.9 cm³/mol. The van der Waals surface area contributed by atoms with Gasteiger partial charge in [0.1, 0.15) is 0 Å². The lowest BCUT2D eigenvalue weighted by Gasteiger charge is -2.38. The van der Waals surface area contributed by atoms with E-state index in [0.717, 1.165) is 45.1 Å². The maximum atomic E-state index is 5.84. The van der Waals surface area contributed by atoms with E-state index in [1.165, 1.54) is 12.1 Å². The highest BCUT2D eigenvalue weighted by Crippen LogP contribution is 2.21. The van der Waals surface area contributed by atoms with Crippen molar-refractivity contribution in [3.8, 4) is 0 Å². The van der Waals surface area contributed by atoms with Crippen LogP contribution in [0.4, 0.5) is 11.4 Å². The minimum atomic E-state index is 0.646. The van der Waals surface area contributed by atoms with Gasteiger partial charge >= 0.3 is 0 Å². The molecule has 2 heterocycles. The normalized spacial score (nSPS) is 25.6. The summed E-state index contributed by atoms with van der Waals surface area (Å²) in [5, 5.41) is 0. The van der Waals surface area contributed by atoms with E-state index in [4.69, 9.17) is 10.5 Å². The van der Waals surface area contributed by atoms with Crippen LogP contribution in [0.1, 0.15) is 6.42 Å². The molecule has 0 bridgehead atoms. The van der Waals surface area contributed by atoms with Crippen molar-refractivity contribution in [3.63, 3.8) is 0 Å². The molecule has 98 valence electrons. The lowest BCUT2D eigenvalue weighted by atomic mass is 10.1. The molecule has 4 heteroatoms. The maximum absolute atomic E-state index is 5.84. The minimum absolute atomic E-state index is 0.646. The van der Waals surface area contributed by atoms with Crippen molar-refractivity contribution in [1.29, 1.82) is 0 Å². The molecule has 18 heavy (non-hydrogen) atoms. The van der Waals surface area contributed by atoms with Crippen LogP contribution in [0.3, 0.4) is 0 Å². The van der Waals surface area contributed by atoms with Crippen LogP contribution in [0, 0.1) is 0 Å². The summed E-state index contributed by atoms with van der Waals surface area (Å²) in [6.07, 6.45) is 1.19. The van der Waals surface area contributed by atoms with Gasteiger partial charge in [0.15, 0.2) is 0 Å². The number of ether oxygens (including phenoxy) is 1. The molecule has 2 N–H and O–H groups in total. The van der Waals surface area contributed by atoms with E-state index >= 15 is 0 Å². The van der Waals surface area contributed by atoms with Crippen LogP contribution in [0.5, 0.6) is 0 Å². The van der Waals surface area contributed by atoms with Crippen molar-refractivity contribution in [3.05, 3.63) is 24.3 Å². The molecule has 2 aliphatic heterocycles. The summed E-state index contributed by atoms with van der Waals surface area (Å²) in [5.41, 5.74) is 7.93. The highest BCUT2D eigenvalue weighted by molar-refractivity contribution is 5.56. The van der Waals surface area contributed by atoms with Gasteiger partial charge in [-0.25, -0.2) is 0 Å². The zero-order valence-electron chi connectivity index (χ0n) is 10.7. The largest absolute Gasteiger partial charge is 0.399 e. The third kappa shape index (κ3) is 2.44. The maximum Gasteiger partial charge on any atom is 0.0622 e. The molecular formula is C14H21N3O. The fraction of sp³-hybridized carbons (Fsp3) is 0.571. The highest BCUT2D eigenvalue weighted by atomic mass is 16.5. The monoisotopic (exact) mass is 247 g/mol. The second-order valence-corrected chi connectivity index (χ2v) is 5.14. The molecule has 0 aliphatic carbocycles. The molecule has 1 atom stereocenters. The first kappa shape index (κ1) is 11.8. The van der Waals surface area contributed by atoms with Gasteiger partial charge in [0.25, 0.3) is 0 Å². The van der Waals surface area contributed by atoms with Crippen LogP contribution in [0.2, 0.25) is 0 Å². The molecular weight excluding hydrogens is 226 g/mol. The third-order valence-electron chi connectivity index (χ3n) is 3.97. The number of hydrogen-bond donors (Lipinski definition) is 1. The van der Waals surface area contributed by atoms with Crippen molar-refractivity contribution in [2.75, 3.05) is 50.0 Å². The first-order chi connectivity index (χ1) is 8.83. The Morgan fingerprint density at radius 2 is 2.00 bits per heavy atom. The summed E-state index contributed by atoms with van der Waals surface area (Å²) < 4.78 is 5.47. The molecule has 1 aromatic rings. The molecule has 2 saturated heterocycles. The first-order valence-electron chi connectivity index (χ1n) is 6.75. The zero-order valence-corrected chi connectivity index (χ0v) is 10.7. The van der Waals surface area contributed by atoms with Crippen molar-refractivity contribution in [2.45, 2.75) is 12.5 Å². The van der Waals surface area contributed by atoms with Gasteiger partial charge in [0.2, 0.25) is 0 Å². The summed E-state index contributed by atoms with van der Waals surface area (Å²) in [6, 6.07) is 8.82. The zero-order chi connectivity index (χ0) is 12.4. The number of piperazine rings is 1. The summed E-state index contributed by atoms with van der Waals surface area (Å²) in [6.45, 7) is 6.27. The van der Waals surface area contributed by atoms with Gasteiger partial charge < -0.3 is 15.4 Å². The molecule has 0 amide bonds. The number of nitrogens with two attached hydrogens (primary N) is 1. The highest BCUT2D eigenvalue weighted by Gasteiger charge is 2.26. The predicted octanol–water partition coefficient (Wildman–Crippen LogP) is 1.18. The Labute approximate surface area is 108 Å². The van der Waals surface area contributed by atoms with Crippen LogP contribution in [0.15, 0.2) is 24.3 Å². The summed E-state index contributed by atoms with van der Waals surface area (Å²) >= 11 is 0. The Bertz CT molecular complexity index is 396. The van der Waals surface area contributed by atoms with Crippen LogP contribution >= 0.6 is 0 Å². The number of nitrogen functional groups attached to an aromatic ring is 1. The van der Waals surface area contributed by atoms with Crippen molar-refractivity contribution in [2.24, 2.45) is 0 Å². The number of nitrogens with zero attached hydrogens (tertiary/aromatic N) is 2. The molecule has 1 aromatic carbocycles. The van der Waals surface area contributed by atoms with Gasteiger partial charge in [-0.1, -0.05) is 6.07 Å². The molecule has 3 rings (SSSR count). The van der Waals surface area contributed by atoms with E-state index in [1.807, 2.05) is 12.1 Å². The number of anilines is 2. The van der Waals surface area contributed by atoms with E-state index in [-0.39, 0.29) is 0 Å². The lowest BCUT2D eigenvalue weighted by molar-refractivity contribution is 0.139. The SMILES string of the molecule is Nc1cccc(N2CCN(C3CCOC3)CC2)c1. The molecule has 1 unspecified atom stereocenters. The molecule has 4 nitrogen and oxygen atoms in total. The average Bonchev–Trinajstić information content (AvgIpc) is 2.93. The van der Waals surface area contributed by atoms with Crippen molar-refractivity contribution >= 4 is 11.4 Å². The standard InChI is InChI=1S/C14H21N3O/c15-12-2-1-3-13(10-12)16-5-7-17(8-6-16)14-4-9-18-11-14/h1-3,10,14H,4-9,11,15H2. The van der Waals surface area contributed by atoms with Crippen LogP contribution in [0.25, 0.3) is 0 Å². The van der Waals surface area contributed by atoms with Gasteiger partial charge in [0, 0.05) is 50.2 Å². The van der Waals surface area contributed by atoms with Crippen LogP contribution < -0.4 is 10.6 Å². The summed E-state index contributed by atoms with van der Waals surface area (Å²) in [7, 11) is 0. The number of rotatable bonds is 2. The van der Waals surface area contributed by atoms with Gasteiger partial charge in [-0.05, 0) is 24.6 Å². The molecule has 0 saturated carbocycles. The first-order valence-corrected chi connectivity index (χ1v) is 6.75. The van der Waals surface area contributed by atoms with E-state index in [1.54, 1.807) is 0 Å². The van der Waals surface area contributed by atoms with Gasteiger partial charge in [-0.3, -0.25) is 4.90 Å². The number of hydrogen-bond acceptors (Lipinski definition) is 4. The molecule has 2 aliphatic rings. The summed E-state index contributed by atoms with van der Waals surface area (Å²) in [5.74, 6) is 0. The van der Waals surface area contributed by atoms with Crippen LogP contribution in [-0.4, -0.2) is 50.3 Å².